The van der Waals surface area contributed by atoms with Crippen LogP contribution < -0.4 is 10.6 Å². The van der Waals surface area contributed by atoms with Crippen LogP contribution >= 0.6 is 12.4 Å². The molecule has 1 heterocycles. The molecule has 1 atom stereocenters. The van der Waals surface area contributed by atoms with Gasteiger partial charge in [0.15, 0.2) is 0 Å². The van der Waals surface area contributed by atoms with E-state index in [0.717, 1.165) is 32.4 Å². The van der Waals surface area contributed by atoms with E-state index in [9.17, 15) is 4.79 Å². The maximum absolute atomic E-state index is 12.4. The van der Waals surface area contributed by atoms with E-state index < -0.39 is 0 Å². The molecule has 0 radical (unpaired) electrons. The van der Waals surface area contributed by atoms with E-state index in [4.69, 9.17) is 4.74 Å². The molecule has 0 aromatic rings. The van der Waals surface area contributed by atoms with Gasteiger partial charge in [-0.1, -0.05) is 12.8 Å². The fraction of sp³-hybridized carbons (Fsp3) is 0.929. The monoisotopic (exact) mass is 290 g/mol. The van der Waals surface area contributed by atoms with Gasteiger partial charge in [-0.3, -0.25) is 4.79 Å². The van der Waals surface area contributed by atoms with Crippen LogP contribution in [0.15, 0.2) is 0 Å². The van der Waals surface area contributed by atoms with Gasteiger partial charge in [0.05, 0.1) is 5.41 Å². The summed E-state index contributed by atoms with van der Waals surface area (Å²) < 4.78 is 5.16. The number of hydrogen-bond donors (Lipinski definition) is 2. The highest BCUT2D eigenvalue weighted by Gasteiger charge is 2.40. The van der Waals surface area contributed by atoms with Crippen LogP contribution in [0, 0.1) is 5.41 Å². The van der Waals surface area contributed by atoms with Crippen LogP contribution in [-0.2, 0) is 9.53 Å². The van der Waals surface area contributed by atoms with Crippen LogP contribution in [0.25, 0.3) is 0 Å². The Kier molecular flexibility index (Phi) is 7.11. The molecule has 1 aliphatic heterocycles. The number of carbonyl (C=O) groups is 1. The van der Waals surface area contributed by atoms with Crippen molar-refractivity contribution < 1.29 is 9.53 Å². The normalized spacial score (nSPS) is 25.0. The highest BCUT2D eigenvalue weighted by atomic mass is 35.5. The second-order valence-electron chi connectivity index (χ2n) is 5.73. The first-order valence-corrected chi connectivity index (χ1v) is 7.27. The first-order valence-electron chi connectivity index (χ1n) is 7.27. The van der Waals surface area contributed by atoms with E-state index in [1.54, 1.807) is 7.11 Å². The highest BCUT2D eigenvalue weighted by molar-refractivity contribution is 5.85. The molecule has 2 fully saturated rings. The fourth-order valence-electron chi connectivity index (χ4n) is 3.27. The standard InChI is InChI=1S/C14H26N2O2.ClH/c1-18-10-8-14(6-2-3-7-14)13(17)16-11-12-5-4-9-15-12;/h12,15H,2-11H2,1H3,(H,16,17);1H. The zero-order valence-electron chi connectivity index (χ0n) is 11.9. The molecule has 4 nitrogen and oxygen atoms in total. The minimum absolute atomic E-state index is 0. The number of hydrogen-bond acceptors (Lipinski definition) is 3. The van der Waals surface area contributed by atoms with Crippen LogP contribution in [0.2, 0.25) is 0 Å². The molecule has 5 heteroatoms. The second-order valence-corrected chi connectivity index (χ2v) is 5.73. The zero-order chi connectivity index (χ0) is 12.8. The molecule has 0 aromatic heterocycles. The summed E-state index contributed by atoms with van der Waals surface area (Å²) in [4.78, 5) is 12.4. The number of methoxy groups -OCH3 is 1. The quantitative estimate of drug-likeness (QED) is 0.785. The first kappa shape index (κ1) is 16.7. The van der Waals surface area contributed by atoms with Crippen molar-refractivity contribution in [2.24, 2.45) is 5.41 Å². The molecule has 1 saturated heterocycles. The molecule has 1 amide bonds. The van der Waals surface area contributed by atoms with Gasteiger partial charge in [0.2, 0.25) is 5.91 Å². The molecule has 0 spiro atoms. The molecule has 1 aliphatic carbocycles. The van der Waals surface area contributed by atoms with Gasteiger partial charge in [0, 0.05) is 26.3 Å². The van der Waals surface area contributed by atoms with Crippen molar-refractivity contribution in [3.05, 3.63) is 0 Å². The Labute approximate surface area is 122 Å². The topological polar surface area (TPSA) is 50.4 Å². The van der Waals surface area contributed by atoms with Gasteiger partial charge in [-0.05, 0) is 38.6 Å². The van der Waals surface area contributed by atoms with Gasteiger partial charge in [0.1, 0.15) is 0 Å². The Balaban J connectivity index is 0.00000180. The smallest absolute Gasteiger partial charge is 0.226 e. The van der Waals surface area contributed by atoms with Crippen molar-refractivity contribution in [3.63, 3.8) is 0 Å². The molecule has 112 valence electrons. The number of rotatable bonds is 6. The van der Waals surface area contributed by atoms with Crippen LogP contribution in [0.5, 0.6) is 0 Å². The van der Waals surface area contributed by atoms with Crippen LogP contribution in [0.1, 0.15) is 44.9 Å². The number of amides is 1. The predicted molar refractivity (Wildman–Crippen MR) is 78.7 cm³/mol. The summed E-state index contributed by atoms with van der Waals surface area (Å²) in [5.74, 6) is 0.255. The molecule has 1 unspecified atom stereocenters. The number of nitrogens with one attached hydrogen (secondary N) is 2. The minimum atomic E-state index is -0.144. The number of halogens is 1. The molecule has 2 rings (SSSR count). The Morgan fingerprint density at radius 3 is 2.68 bits per heavy atom. The van der Waals surface area contributed by atoms with Crippen molar-refractivity contribution in [1.82, 2.24) is 10.6 Å². The Bertz CT molecular complexity index is 275. The van der Waals surface area contributed by atoms with Crippen molar-refractivity contribution in [2.75, 3.05) is 26.8 Å². The Morgan fingerprint density at radius 2 is 2.11 bits per heavy atom. The van der Waals surface area contributed by atoms with E-state index in [1.807, 2.05) is 0 Å². The molecule has 1 saturated carbocycles. The lowest BCUT2D eigenvalue weighted by Gasteiger charge is -2.28. The van der Waals surface area contributed by atoms with E-state index >= 15 is 0 Å². The van der Waals surface area contributed by atoms with Gasteiger partial charge in [-0.25, -0.2) is 0 Å². The van der Waals surface area contributed by atoms with Crippen molar-refractivity contribution in [1.29, 1.82) is 0 Å². The molecule has 19 heavy (non-hydrogen) atoms. The number of carbonyl (C=O) groups excluding carboxylic acids is 1. The van der Waals surface area contributed by atoms with Crippen LogP contribution in [-0.4, -0.2) is 38.8 Å². The van der Waals surface area contributed by atoms with E-state index in [1.165, 1.54) is 25.7 Å². The van der Waals surface area contributed by atoms with E-state index in [0.29, 0.717) is 12.6 Å². The van der Waals surface area contributed by atoms with Gasteiger partial charge >= 0.3 is 0 Å². The third-order valence-electron chi connectivity index (χ3n) is 4.50. The van der Waals surface area contributed by atoms with Crippen molar-refractivity contribution >= 4 is 18.3 Å². The lowest BCUT2D eigenvalue weighted by Crippen LogP contribution is -2.44. The van der Waals surface area contributed by atoms with Gasteiger partial charge < -0.3 is 15.4 Å². The Hall–Kier alpha value is -0.320. The summed E-state index contributed by atoms with van der Waals surface area (Å²) in [6.45, 7) is 2.57. The maximum atomic E-state index is 12.4. The third-order valence-corrected chi connectivity index (χ3v) is 4.50. The molecule has 0 bridgehead atoms. The molecular formula is C14H27ClN2O2. The zero-order valence-corrected chi connectivity index (χ0v) is 12.7. The molecule has 2 aliphatic rings. The Morgan fingerprint density at radius 1 is 1.37 bits per heavy atom. The average Bonchev–Trinajstić information content (AvgIpc) is 3.05. The van der Waals surface area contributed by atoms with E-state index in [2.05, 4.69) is 10.6 Å². The molecule has 0 aromatic carbocycles. The van der Waals surface area contributed by atoms with Crippen molar-refractivity contribution in [3.8, 4) is 0 Å². The summed E-state index contributed by atoms with van der Waals surface area (Å²) in [6.07, 6.45) is 7.70. The summed E-state index contributed by atoms with van der Waals surface area (Å²) in [5.41, 5.74) is -0.144. The lowest BCUT2D eigenvalue weighted by atomic mass is 9.82. The summed E-state index contributed by atoms with van der Waals surface area (Å²) >= 11 is 0. The van der Waals surface area contributed by atoms with Crippen molar-refractivity contribution in [2.45, 2.75) is 51.0 Å². The van der Waals surface area contributed by atoms with Crippen LogP contribution in [0.3, 0.4) is 0 Å². The van der Waals surface area contributed by atoms with Gasteiger partial charge in [-0.2, -0.15) is 0 Å². The third kappa shape index (κ3) is 4.33. The minimum Gasteiger partial charge on any atom is -0.385 e. The molecular weight excluding hydrogens is 264 g/mol. The lowest BCUT2D eigenvalue weighted by molar-refractivity contribution is -0.132. The fourth-order valence-corrected chi connectivity index (χ4v) is 3.27. The average molecular weight is 291 g/mol. The van der Waals surface area contributed by atoms with Gasteiger partial charge in [-0.15, -0.1) is 12.4 Å². The highest BCUT2D eigenvalue weighted by Crippen LogP contribution is 2.41. The largest absolute Gasteiger partial charge is 0.385 e. The first-order chi connectivity index (χ1) is 8.77. The summed E-state index contributed by atoms with van der Waals surface area (Å²) in [7, 11) is 1.71. The van der Waals surface area contributed by atoms with E-state index in [-0.39, 0.29) is 23.7 Å². The molecule has 2 N–H and O–H groups in total. The van der Waals surface area contributed by atoms with Gasteiger partial charge in [0.25, 0.3) is 0 Å². The van der Waals surface area contributed by atoms with Crippen LogP contribution in [0.4, 0.5) is 0 Å². The SMILES string of the molecule is COCCC1(C(=O)NCC2CCCN2)CCCC1.Cl. The maximum Gasteiger partial charge on any atom is 0.226 e. The predicted octanol–water partition coefficient (Wildman–Crippen LogP) is 1.87. The summed E-state index contributed by atoms with van der Waals surface area (Å²) in [6, 6.07) is 0.481. The summed E-state index contributed by atoms with van der Waals surface area (Å²) in [5, 5.41) is 6.58. The second kappa shape index (κ2) is 8.08. The number of ether oxygens (including phenoxy) is 1.